The maximum atomic E-state index is 6.35. The first kappa shape index (κ1) is 34.2. The Morgan fingerprint density at radius 1 is 0.365 bits per heavy atom. The molecular formula is C58H34N4O. The van der Waals surface area contributed by atoms with Gasteiger partial charge in [-0.1, -0.05) is 133 Å². The van der Waals surface area contributed by atoms with Crippen LogP contribution in [0.4, 0.5) is 0 Å². The lowest BCUT2D eigenvalue weighted by Crippen LogP contribution is -2.06. The molecule has 1 aliphatic heterocycles. The number of benzene rings is 10. The van der Waals surface area contributed by atoms with Gasteiger partial charge in [0.05, 0.1) is 38.7 Å². The molecule has 0 aliphatic carbocycles. The summed E-state index contributed by atoms with van der Waals surface area (Å²) in [4.78, 5) is 10.7. The van der Waals surface area contributed by atoms with Crippen LogP contribution in [0, 0.1) is 0 Å². The van der Waals surface area contributed by atoms with Gasteiger partial charge in [-0.2, -0.15) is 0 Å². The number of hydrogen-bond acceptors (Lipinski definition) is 3. The third-order valence-corrected chi connectivity index (χ3v) is 13.1. The molecule has 0 spiro atoms. The predicted octanol–water partition coefficient (Wildman–Crippen LogP) is 15.2. The van der Waals surface area contributed by atoms with Crippen molar-refractivity contribution in [2.45, 2.75) is 0 Å². The molecule has 0 N–H and O–H groups in total. The lowest BCUT2D eigenvalue weighted by atomic mass is 10.00. The van der Waals surface area contributed by atoms with Crippen LogP contribution in [0.25, 0.3) is 121 Å². The Hall–Kier alpha value is -8.54. The van der Waals surface area contributed by atoms with E-state index in [2.05, 4.69) is 185 Å². The summed E-state index contributed by atoms with van der Waals surface area (Å²) in [6, 6.07) is 74.0. The van der Waals surface area contributed by atoms with Crippen molar-refractivity contribution in [3.05, 3.63) is 206 Å². The highest BCUT2D eigenvalue weighted by atomic mass is 16.5. The minimum absolute atomic E-state index is 0.634. The molecule has 0 amide bonds. The first-order valence-corrected chi connectivity index (χ1v) is 21.4. The van der Waals surface area contributed by atoms with E-state index in [1.165, 1.54) is 49.1 Å². The molecule has 5 heteroatoms. The van der Waals surface area contributed by atoms with Crippen LogP contribution >= 0.6 is 0 Å². The fourth-order valence-electron chi connectivity index (χ4n) is 10.2. The molecular weight excluding hydrogens is 769 g/mol. The van der Waals surface area contributed by atoms with Crippen LogP contribution in [-0.2, 0) is 0 Å². The molecule has 4 heterocycles. The van der Waals surface area contributed by atoms with Crippen molar-refractivity contribution < 1.29 is 4.74 Å². The molecule has 3 aromatic heterocycles. The zero-order valence-electron chi connectivity index (χ0n) is 33.8. The zero-order chi connectivity index (χ0) is 41.2. The summed E-state index contributed by atoms with van der Waals surface area (Å²) in [5.41, 5.74) is 13.1. The van der Waals surface area contributed by atoms with Crippen LogP contribution in [0.5, 0.6) is 11.5 Å². The first-order valence-electron chi connectivity index (χ1n) is 21.4. The topological polar surface area (TPSA) is 44.9 Å². The van der Waals surface area contributed by atoms with E-state index in [1.54, 1.807) is 0 Å². The fraction of sp³-hybridized carbons (Fsp3) is 0. The summed E-state index contributed by atoms with van der Waals surface area (Å²) >= 11 is 0. The Morgan fingerprint density at radius 2 is 1.02 bits per heavy atom. The molecule has 0 saturated heterocycles. The van der Waals surface area contributed by atoms with Crippen LogP contribution < -0.4 is 4.74 Å². The smallest absolute Gasteiger partial charge is 0.235 e. The average Bonchev–Trinajstić information content (AvgIpc) is 3.86. The van der Waals surface area contributed by atoms with Gasteiger partial charge in [-0.3, -0.25) is 4.57 Å². The van der Waals surface area contributed by atoms with E-state index in [0.717, 1.165) is 77.7 Å². The van der Waals surface area contributed by atoms with E-state index in [-0.39, 0.29) is 0 Å². The van der Waals surface area contributed by atoms with Crippen LogP contribution in [0.3, 0.4) is 0 Å². The lowest BCUT2D eigenvalue weighted by molar-refractivity contribution is 0.486. The molecule has 1 aliphatic rings. The van der Waals surface area contributed by atoms with Gasteiger partial charge in [0.25, 0.3) is 0 Å². The number of hydrogen-bond donors (Lipinski definition) is 0. The third-order valence-electron chi connectivity index (χ3n) is 13.1. The molecule has 63 heavy (non-hydrogen) atoms. The molecule has 0 saturated carbocycles. The normalized spacial score (nSPS) is 12.3. The van der Waals surface area contributed by atoms with Crippen molar-refractivity contribution in [1.82, 2.24) is 19.1 Å². The van der Waals surface area contributed by atoms with Crippen LogP contribution in [0.2, 0.25) is 0 Å². The second-order valence-electron chi connectivity index (χ2n) is 16.6. The Bertz CT molecular complexity index is 4070. The second kappa shape index (κ2) is 13.0. The van der Waals surface area contributed by atoms with Gasteiger partial charge in [-0.25, -0.2) is 9.97 Å². The fourth-order valence-corrected chi connectivity index (χ4v) is 10.2. The largest absolute Gasteiger partial charge is 0.456 e. The van der Waals surface area contributed by atoms with Gasteiger partial charge in [0.2, 0.25) is 5.95 Å². The van der Waals surface area contributed by atoms with Crippen LogP contribution in [0.1, 0.15) is 0 Å². The summed E-state index contributed by atoms with van der Waals surface area (Å²) in [5.74, 6) is 2.21. The van der Waals surface area contributed by atoms with E-state index in [0.29, 0.717) is 5.95 Å². The zero-order valence-corrected chi connectivity index (χ0v) is 33.8. The highest BCUT2D eigenvalue weighted by Crippen LogP contribution is 2.46. The molecule has 0 radical (unpaired) electrons. The molecule has 0 unspecified atom stereocenters. The molecule has 292 valence electrons. The van der Waals surface area contributed by atoms with Gasteiger partial charge in [0.15, 0.2) is 0 Å². The molecule has 0 atom stereocenters. The van der Waals surface area contributed by atoms with E-state index >= 15 is 0 Å². The highest BCUT2D eigenvalue weighted by molar-refractivity contribution is 6.19. The summed E-state index contributed by atoms with van der Waals surface area (Å²) in [6.45, 7) is 0. The van der Waals surface area contributed by atoms with Crippen molar-refractivity contribution in [2.75, 3.05) is 0 Å². The number of fused-ring (bicyclic) bond motifs is 11. The van der Waals surface area contributed by atoms with Crippen LogP contribution in [0.15, 0.2) is 206 Å². The predicted molar refractivity (Wildman–Crippen MR) is 260 cm³/mol. The summed E-state index contributed by atoms with van der Waals surface area (Å²) < 4.78 is 11.0. The van der Waals surface area contributed by atoms with Gasteiger partial charge in [-0.15, -0.1) is 0 Å². The molecule has 14 rings (SSSR count). The van der Waals surface area contributed by atoms with E-state index in [9.17, 15) is 0 Å². The maximum absolute atomic E-state index is 6.35. The Balaban J connectivity index is 0.946. The van der Waals surface area contributed by atoms with Gasteiger partial charge >= 0.3 is 0 Å². The number of nitrogens with zero attached hydrogens (tertiary/aromatic N) is 4. The van der Waals surface area contributed by atoms with E-state index in [4.69, 9.17) is 14.7 Å². The number of aromatic nitrogens is 4. The number of para-hydroxylation sites is 2. The van der Waals surface area contributed by atoms with Gasteiger partial charge in [0.1, 0.15) is 11.5 Å². The lowest BCUT2D eigenvalue weighted by Gasteiger charge is -2.21. The first-order chi connectivity index (χ1) is 31.2. The summed E-state index contributed by atoms with van der Waals surface area (Å²) in [7, 11) is 0. The van der Waals surface area contributed by atoms with Gasteiger partial charge in [-0.05, 0) is 111 Å². The van der Waals surface area contributed by atoms with Crippen molar-refractivity contribution in [3.63, 3.8) is 0 Å². The minimum Gasteiger partial charge on any atom is -0.456 e. The Morgan fingerprint density at radius 3 is 1.90 bits per heavy atom. The minimum atomic E-state index is 0.634. The number of ether oxygens (including phenoxy) is 1. The highest BCUT2D eigenvalue weighted by Gasteiger charge is 2.25. The molecule has 13 aromatic rings. The Labute approximate surface area is 361 Å². The van der Waals surface area contributed by atoms with Crippen molar-refractivity contribution >= 4 is 76.1 Å². The second-order valence-corrected chi connectivity index (χ2v) is 16.6. The number of rotatable bonds is 4. The quantitative estimate of drug-likeness (QED) is 0.178. The van der Waals surface area contributed by atoms with E-state index < -0.39 is 0 Å². The standard InChI is InChI=1S/C58H34N4O/c1-2-11-35(12-3-1)37-21-22-39-32-42(27-23-38(39)31-37)61-50-18-8-6-15-44(50)47-33-40(25-29-51(47)61)41-26-30-52-48(34-41)45-28-24-36-13-4-5-14-43(36)57(45)62(52)58-59-49-17-10-20-54-55(49)56(60-58)46-16-7-9-19-53(46)63-54/h1-34H. The molecule has 0 bridgehead atoms. The average molecular weight is 803 g/mol. The third kappa shape index (κ3) is 5.05. The molecule has 0 fully saturated rings. The maximum Gasteiger partial charge on any atom is 0.235 e. The van der Waals surface area contributed by atoms with E-state index in [1.807, 2.05) is 30.3 Å². The monoisotopic (exact) mass is 802 g/mol. The Kier molecular flexibility index (Phi) is 7.05. The SMILES string of the molecule is c1ccc(-c2ccc3cc(-n4c5ccccc5c5cc(-c6ccc7c(c6)c6ccc8ccccc8c6n7-c6nc7c8c(cccc8n6)Oc6ccccc6-7)ccc54)ccc3c2)cc1. The summed E-state index contributed by atoms with van der Waals surface area (Å²) in [6.07, 6.45) is 0. The van der Waals surface area contributed by atoms with Crippen molar-refractivity contribution in [1.29, 1.82) is 0 Å². The van der Waals surface area contributed by atoms with Gasteiger partial charge in [0, 0.05) is 38.2 Å². The molecule has 5 nitrogen and oxygen atoms in total. The van der Waals surface area contributed by atoms with Crippen molar-refractivity contribution in [2.24, 2.45) is 0 Å². The summed E-state index contributed by atoms with van der Waals surface area (Å²) in [5, 5.41) is 10.5. The molecule has 10 aromatic carbocycles. The van der Waals surface area contributed by atoms with Crippen molar-refractivity contribution in [3.8, 4) is 56.6 Å². The van der Waals surface area contributed by atoms with Gasteiger partial charge < -0.3 is 9.30 Å². The van der Waals surface area contributed by atoms with Crippen LogP contribution in [-0.4, -0.2) is 19.1 Å².